The average molecular weight is 311 g/mol. The Morgan fingerprint density at radius 3 is 2.33 bits per heavy atom. The van der Waals surface area contributed by atoms with Gasteiger partial charge in [-0.05, 0) is 25.5 Å². The quantitative estimate of drug-likeness (QED) is 0.928. The summed E-state index contributed by atoms with van der Waals surface area (Å²) in [6, 6.07) is 3.12. The third-order valence-corrected chi connectivity index (χ3v) is 6.11. The number of hydrogen-bond acceptors (Lipinski definition) is 4. The molecule has 0 saturated heterocycles. The van der Waals surface area contributed by atoms with E-state index in [1.807, 2.05) is 0 Å². The number of carboxylic acid groups (broad SMARTS) is 1. The van der Waals surface area contributed by atoms with Gasteiger partial charge in [0.25, 0.3) is 5.91 Å². The van der Waals surface area contributed by atoms with E-state index in [1.54, 1.807) is 25.1 Å². The fourth-order valence-electron chi connectivity index (χ4n) is 2.96. The number of ether oxygens (including phenoxy) is 1. The number of methoxy groups -OCH3 is 1. The second-order valence-electron chi connectivity index (χ2n) is 6.26. The van der Waals surface area contributed by atoms with Crippen LogP contribution in [0.25, 0.3) is 0 Å². The van der Waals surface area contributed by atoms with Crippen molar-refractivity contribution in [3.8, 4) is 0 Å². The van der Waals surface area contributed by atoms with Crippen LogP contribution in [0.5, 0.6) is 0 Å². The second-order valence-corrected chi connectivity index (χ2v) is 7.35. The van der Waals surface area contributed by atoms with Crippen molar-refractivity contribution in [1.29, 1.82) is 0 Å². The summed E-state index contributed by atoms with van der Waals surface area (Å²) in [4.78, 5) is 25.8. The maximum absolute atomic E-state index is 12.5. The Bertz CT molecular complexity index is 580. The summed E-state index contributed by atoms with van der Waals surface area (Å²) >= 11 is 1.01. The van der Waals surface area contributed by atoms with Gasteiger partial charge in [0.05, 0.1) is 10.5 Å². The molecule has 2 atom stereocenters. The zero-order valence-electron chi connectivity index (χ0n) is 13.0. The minimum Gasteiger partial charge on any atom is -0.477 e. The van der Waals surface area contributed by atoms with E-state index in [1.165, 1.54) is 6.07 Å². The van der Waals surface area contributed by atoms with E-state index >= 15 is 0 Å². The molecule has 1 saturated carbocycles. The summed E-state index contributed by atoms with van der Waals surface area (Å²) in [5.41, 5.74) is -0.396. The topological polar surface area (TPSA) is 66.8 Å². The molecule has 1 aromatic rings. The first-order chi connectivity index (χ1) is 9.64. The lowest BCUT2D eigenvalue weighted by molar-refractivity contribution is -0.198. The van der Waals surface area contributed by atoms with Crippen LogP contribution in [-0.4, -0.2) is 47.7 Å². The number of nitrogens with zero attached hydrogens (tertiary/aromatic N) is 1. The van der Waals surface area contributed by atoms with Crippen LogP contribution >= 0.6 is 11.3 Å². The molecular formula is C15H21NO4S. The van der Waals surface area contributed by atoms with Gasteiger partial charge in [-0.15, -0.1) is 11.3 Å². The molecule has 1 aliphatic carbocycles. The Morgan fingerprint density at radius 1 is 1.33 bits per heavy atom. The Kier molecular flexibility index (Phi) is 3.88. The molecule has 1 amide bonds. The van der Waals surface area contributed by atoms with Crippen LogP contribution in [0, 0.1) is 5.41 Å². The number of rotatable bonds is 4. The fraction of sp³-hybridized carbons (Fsp3) is 0.600. The number of aromatic carboxylic acids is 1. The van der Waals surface area contributed by atoms with Crippen LogP contribution in [0.2, 0.25) is 0 Å². The Labute approximate surface area is 128 Å². The van der Waals surface area contributed by atoms with Crippen molar-refractivity contribution < 1.29 is 19.4 Å². The molecule has 1 aromatic heterocycles. The molecule has 1 fully saturated rings. The van der Waals surface area contributed by atoms with Gasteiger partial charge in [0, 0.05) is 25.6 Å². The summed E-state index contributed by atoms with van der Waals surface area (Å²) in [6.07, 6.45) is 0.774. The third-order valence-electron chi connectivity index (χ3n) is 5.04. The predicted octanol–water partition coefficient (Wildman–Crippen LogP) is 2.72. The highest BCUT2D eigenvalue weighted by Gasteiger charge is 2.59. The largest absolute Gasteiger partial charge is 0.477 e. The summed E-state index contributed by atoms with van der Waals surface area (Å²) in [7, 11) is 3.46. The minimum absolute atomic E-state index is 0.0744. The number of carbonyl (C=O) groups excluding carboxylic acids is 1. The number of carbonyl (C=O) groups is 2. The van der Waals surface area contributed by atoms with Crippen molar-refractivity contribution in [2.45, 2.75) is 38.8 Å². The molecule has 1 heterocycles. The van der Waals surface area contributed by atoms with Crippen LogP contribution in [0.1, 0.15) is 46.5 Å². The molecule has 0 bridgehead atoms. The van der Waals surface area contributed by atoms with Crippen molar-refractivity contribution in [1.82, 2.24) is 4.90 Å². The first-order valence-corrected chi connectivity index (χ1v) is 7.61. The maximum atomic E-state index is 12.5. The molecule has 1 aliphatic rings. The number of hydrogen-bond donors (Lipinski definition) is 1. The van der Waals surface area contributed by atoms with Gasteiger partial charge in [-0.25, -0.2) is 4.79 Å². The first-order valence-electron chi connectivity index (χ1n) is 6.79. The van der Waals surface area contributed by atoms with E-state index in [4.69, 9.17) is 9.84 Å². The average Bonchev–Trinajstić information content (AvgIpc) is 2.92. The molecule has 5 nitrogen and oxygen atoms in total. The van der Waals surface area contributed by atoms with Gasteiger partial charge in [0.2, 0.25) is 0 Å². The van der Waals surface area contributed by atoms with Crippen molar-refractivity contribution in [2.24, 2.45) is 5.41 Å². The van der Waals surface area contributed by atoms with Gasteiger partial charge in [-0.1, -0.05) is 13.8 Å². The van der Waals surface area contributed by atoms with Crippen molar-refractivity contribution >= 4 is 23.2 Å². The summed E-state index contributed by atoms with van der Waals surface area (Å²) in [6.45, 7) is 6.23. The molecule has 6 heteroatoms. The van der Waals surface area contributed by atoms with E-state index in [9.17, 15) is 9.59 Å². The SMILES string of the molecule is COC1(C)CC(N(C)C(=O)c2ccc(C(=O)O)s2)C1(C)C. The molecule has 2 rings (SSSR count). The summed E-state index contributed by atoms with van der Waals surface area (Å²) < 4.78 is 5.58. The maximum Gasteiger partial charge on any atom is 0.345 e. The van der Waals surface area contributed by atoms with Gasteiger partial charge in [0.1, 0.15) is 4.88 Å². The highest BCUT2D eigenvalue weighted by atomic mass is 32.1. The van der Waals surface area contributed by atoms with Crippen LogP contribution in [-0.2, 0) is 4.74 Å². The van der Waals surface area contributed by atoms with Crippen LogP contribution in [0.15, 0.2) is 12.1 Å². The number of carboxylic acids is 1. The lowest BCUT2D eigenvalue weighted by atomic mass is 9.55. The summed E-state index contributed by atoms with van der Waals surface area (Å²) in [5.74, 6) is -1.14. The molecule has 0 aromatic carbocycles. The van der Waals surface area contributed by atoms with Crippen LogP contribution < -0.4 is 0 Å². The van der Waals surface area contributed by atoms with Crippen LogP contribution in [0.4, 0.5) is 0 Å². The van der Waals surface area contributed by atoms with Gasteiger partial charge in [0.15, 0.2) is 0 Å². The number of amides is 1. The van der Waals surface area contributed by atoms with Crippen molar-refractivity contribution in [3.63, 3.8) is 0 Å². The second kappa shape index (κ2) is 5.10. The van der Waals surface area contributed by atoms with Crippen molar-refractivity contribution in [2.75, 3.05) is 14.2 Å². The molecule has 0 radical (unpaired) electrons. The molecule has 1 N–H and O–H groups in total. The lowest BCUT2D eigenvalue weighted by Gasteiger charge is -2.61. The van der Waals surface area contributed by atoms with E-state index in [0.717, 1.165) is 17.8 Å². The van der Waals surface area contributed by atoms with E-state index in [2.05, 4.69) is 20.8 Å². The zero-order valence-corrected chi connectivity index (χ0v) is 13.8. The Hall–Kier alpha value is -1.40. The van der Waals surface area contributed by atoms with Gasteiger partial charge in [-0.2, -0.15) is 0 Å². The van der Waals surface area contributed by atoms with Gasteiger partial charge in [-0.3, -0.25) is 4.79 Å². The lowest BCUT2D eigenvalue weighted by Crippen LogP contribution is -2.68. The number of thiophene rings is 1. The summed E-state index contributed by atoms with van der Waals surface area (Å²) in [5, 5.41) is 8.94. The molecule has 0 aliphatic heterocycles. The molecule has 0 spiro atoms. The highest BCUT2D eigenvalue weighted by molar-refractivity contribution is 7.15. The first kappa shape index (κ1) is 16.0. The normalized spacial score (nSPS) is 27.0. The van der Waals surface area contributed by atoms with Crippen molar-refractivity contribution in [3.05, 3.63) is 21.9 Å². The standard InChI is InChI=1S/C15H21NO4S/c1-14(2)11(8-15(14,3)20-5)16(4)12(17)9-6-7-10(21-9)13(18)19/h6-7,11H,8H2,1-5H3,(H,18,19). The zero-order chi connectivity index (χ0) is 16.0. The molecule has 21 heavy (non-hydrogen) atoms. The highest BCUT2D eigenvalue weighted by Crippen LogP contribution is 2.53. The molecular weight excluding hydrogens is 290 g/mol. The molecule has 2 unspecified atom stereocenters. The third kappa shape index (κ3) is 2.36. The predicted molar refractivity (Wildman–Crippen MR) is 81.0 cm³/mol. The van der Waals surface area contributed by atoms with Crippen LogP contribution in [0.3, 0.4) is 0 Å². The fourth-order valence-corrected chi connectivity index (χ4v) is 3.79. The smallest absolute Gasteiger partial charge is 0.345 e. The van der Waals surface area contributed by atoms with E-state index in [0.29, 0.717) is 4.88 Å². The molecule has 116 valence electrons. The monoisotopic (exact) mass is 311 g/mol. The van der Waals surface area contributed by atoms with E-state index < -0.39 is 5.97 Å². The van der Waals surface area contributed by atoms with Gasteiger partial charge >= 0.3 is 5.97 Å². The van der Waals surface area contributed by atoms with E-state index in [-0.39, 0.29) is 27.8 Å². The Morgan fingerprint density at radius 2 is 1.90 bits per heavy atom. The Balaban J connectivity index is 2.15. The minimum atomic E-state index is -1.00. The van der Waals surface area contributed by atoms with Gasteiger partial charge < -0.3 is 14.7 Å².